The molecule has 5 heteroatoms. The Labute approximate surface area is 107 Å². The van der Waals surface area contributed by atoms with E-state index >= 15 is 0 Å². The van der Waals surface area contributed by atoms with E-state index in [-0.39, 0.29) is 6.04 Å². The number of aryl methyl sites for hydroxylation is 1. The van der Waals surface area contributed by atoms with Gasteiger partial charge >= 0.3 is 0 Å². The first kappa shape index (κ1) is 12.7. The largest absolute Gasteiger partial charge is 0.311 e. The first-order chi connectivity index (χ1) is 8.85. The van der Waals surface area contributed by atoms with Gasteiger partial charge in [0.15, 0.2) is 0 Å². The summed E-state index contributed by atoms with van der Waals surface area (Å²) in [7, 11) is 1.96. The van der Waals surface area contributed by atoms with Crippen molar-refractivity contribution in [1.82, 2.24) is 25.3 Å². The molecule has 0 bridgehead atoms. The van der Waals surface area contributed by atoms with Crippen molar-refractivity contribution in [2.45, 2.75) is 32.4 Å². The van der Waals surface area contributed by atoms with Crippen molar-refractivity contribution in [1.29, 1.82) is 0 Å². The predicted molar refractivity (Wildman–Crippen MR) is 70.1 cm³/mol. The summed E-state index contributed by atoms with van der Waals surface area (Å²) in [5.74, 6) is 0. The summed E-state index contributed by atoms with van der Waals surface area (Å²) < 4.78 is 1.96. The minimum absolute atomic E-state index is 0.196. The third-order valence-corrected chi connectivity index (χ3v) is 2.93. The lowest BCUT2D eigenvalue weighted by atomic mass is 10.1. The molecule has 0 aliphatic rings. The summed E-state index contributed by atoms with van der Waals surface area (Å²) in [4.78, 5) is 4.36. The van der Waals surface area contributed by atoms with Gasteiger partial charge in [-0.25, -0.2) is 4.68 Å². The molecule has 1 unspecified atom stereocenters. The van der Waals surface area contributed by atoms with Gasteiger partial charge in [-0.2, -0.15) is 0 Å². The third-order valence-electron chi connectivity index (χ3n) is 2.93. The van der Waals surface area contributed by atoms with Crippen molar-refractivity contribution in [3.05, 3.63) is 42.0 Å². The molecule has 2 aromatic rings. The predicted octanol–water partition coefficient (Wildman–Crippen LogP) is 1.59. The molecule has 2 rings (SSSR count). The van der Waals surface area contributed by atoms with Crippen LogP contribution < -0.4 is 5.32 Å². The summed E-state index contributed by atoms with van der Waals surface area (Å²) in [6.45, 7) is 3.04. The molecule has 0 aliphatic carbocycles. The molecule has 0 aliphatic heterocycles. The van der Waals surface area contributed by atoms with Crippen LogP contribution in [0.2, 0.25) is 0 Å². The Morgan fingerprint density at radius 2 is 2.28 bits per heavy atom. The highest BCUT2D eigenvalue weighted by molar-refractivity contribution is 5.11. The van der Waals surface area contributed by atoms with Gasteiger partial charge in [0.05, 0.1) is 17.9 Å². The molecule has 96 valence electrons. The van der Waals surface area contributed by atoms with Gasteiger partial charge in [-0.3, -0.25) is 4.98 Å². The van der Waals surface area contributed by atoms with Crippen molar-refractivity contribution in [3.8, 4) is 0 Å². The van der Waals surface area contributed by atoms with Gasteiger partial charge < -0.3 is 5.32 Å². The molecule has 5 nitrogen and oxygen atoms in total. The van der Waals surface area contributed by atoms with Gasteiger partial charge in [-0.15, -0.1) is 5.10 Å². The summed E-state index contributed by atoms with van der Waals surface area (Å²) in [5, 5.41) is 11.4. The van der Waals surface area contributed by atoms with Crippen LogP contribution in [0, 0.1) is 0 Å². The van der Waals surface area contributed by atoms with Crippen LogP contribution in [-0.2, 0) is 13.0 Å². The Morgan fingerprint density at radius 1 is 1.39 bits per heavy atom. The molecule has 0 aromatic carbocycles. The Balaban J connectivity index is 2.15. The minimum Gasteiger partial charge on any atom is -0.311 e. The maximum atomic E-state index is 4.36. The maximum absolute atomic E-state index is 4.36. The molecule has 2 heterocycles. The smallest absolute Gasteiger partial charge is 0.0760 e. The minimum atomic E-state index is 0.196. The van der Waals surface area contributed by atoms with E-state index in [4.69, 9.17) is 0 Å². The van der Waals surface area contributed by atoms with E-state index in [0.717, 1.165) is 30.8 Å². The van der Waals surface area contributed by atoms with Gasteiger partial charge in [-0.05, 0) is 25.6 Å². The molecule has 0 saturated carbocycles. The lowest BCUT2D eigenvalue weighted by Gasteiger charge is -2.16. The summed E-state index contributed by atoms with van der Waals surface area (Å²) in [6, 6.07) is 6.18. The van der Waals surface area contributed by atoms with Crippen LogP contribution in [0.1, 0.15) is 30.8 Å². The van der Waals surface area contributed by atoms with Crippen molar-refractivity contribution in [3.63, 3.8) is 0 Å². The second-order valence-corrected chi connectivity index (χ2v) is 4.25. The second-order valence-electron chi connectivity index (χ2n) is 4.25. The SMILES string of the molecule is CCCn1nncc1C(Cc1ccccn1)NC. The van der Waals surface area contributed by atoms with Crippen molar-refractivity contribution < 1.29 is 0 Å². The van der Waals surface area contributed by atoms with Gasteiger partial charge in [0.2, 0.25) is 0 Å². The Morgan fingerprint density at radius 3 is 2.94 bits per heavy atom. The number of pyridine rings is 1. The van der Waals surface area contributed by atoms with Crippen LogP contribution in [0.25, 0.3) is 0 Å². The number of rotatable bonds is 6. The van der Waals surface area contributed by atoms with Crippen LogP contribution in [0.4, 0.5) is 0 Å². The average Bonchev–Trinajstić information content (AvgIpc) is 2.86. The lowest BCUT2D eigenvalue weighted by molar-refractivity contribution is 0.488. The molecule has 0 saturated heterocycles. The standard InChI is InChI=1S/C13H19N5/c1-3-8-18-13(10-16-17-18)12(14-2)9-11-6-4-5-7-15-11/h4-7,10,12,14H,3,8-9H2,1-2H3. The van der Waals surface area contributed by atoms with E-state index in [0.29, 0.717) is 0 Å². The van der Waals surface area contributed by atoms with Gasteiger partial charge in [0.1, 0.15) is 0 Å². The highest BCUT2D eigenvalue weighted by Crippen LogP contribution is 2.16. The highest BCUT2D eigenvalue weighted by Gasteiger charge is 2.16. The molecule has 1 N–H and O–H groups in total. The molecule has 0 radical (unpaired) electrons. The number of aromatic nitrogens is 4. The molecule has 0 fully saturated rings. The third kappa shape index (κ3) is 2.92. The van der Waals surface area contributed by atoms with E-state index in [1.54, 1.807) is 0 Å². The number of nitrogens with one attached hydrogen (secondary N) is 1. The van der Waals surface area contributed by atoms with Crippen molar-refractivity contribution >= 4 is 0 Å². The van der Waals surface area contributed by atoms with Crippen LogP contribution in [-0.4, -0.2) is 27.0 Å². The number of nitrogens with zero attached hydrogens (tertiary/aromatic N) is 4. The Bertz CT molecular complexity index is 465. The van der Waals surface area contributed by atoms with Gasteiger partial charge in [0.25, 0.3) is 0 Å². The second kappa shape index (κ2) is 6.26. The fraction of sp³-hybridized carbons (Fsp3) is 0.462. The van der Waals surface area contributed by atoms with Crippen LogP contribution >= 0.6 is 0 Å². The van der Waals surface area contributed by atoms with E-state index < -0.39 is 0 Å². The molecule has 18 heavy (non-hydrogen) atoms. The topological polar surface area (TPSA) is 55.6 Å². The molecular weight excluding hydrogens is 226 g/mol. The highest BCUT2D eigenvalue weighted by atomic mass is 15.4. The van der Waals surface area contributed by atoms with Crippen molar-refractivity contribution in [2.24, 2.45) is 0 Å². The normalized spacial score (nSPS) is 12.6. The monoisotopic (exact) mass is 245 g/mol. The van der Waals surface area contributed by atoms with E-state index in [1.165, 1.54) is 0 Å². The van der Waals surface area contributed by atoms with E-state index in [1.807, 2.05) is 42.3 Å². The number of likely N-dealkylation sites (N-methyl/N-ethyl adjacent to an activating group) is 1. The fourth-order valence-corrected chi connectivity index (χ4v) is 2.00. The van der Waals surface area contributed by atoms with Crippen LogP contribution in [0.15, 0.2) is 30.6 Å². The summed E-state index contributed by atoms with van der Waals surface area (Å²) in [6.07, 6.45) is 5.55. The molecular formula is C13H19N5. The van der Waals surface area contributed by atoms with Crippen LogP contribution in [0.5, 0.6) is 0 Å². The summed E-state index contributed by atoms with van der Waals surface area (Å²) in [5.41, 5.74) is 2.19. The van der Waals surface area contributed by atoms with Crippen molar-refractivity contribution in [2.75, 3.05) is 7.05 Å². The molecule has 0 amide bonds. The van der Waals surface area contributed by atoms with Gasteiger partial charge in [-0.1, -0.05) is 18.2 Å². The van der Waals surface area contributed by atoms with E-state index in [2.05, 4.69) is 27.5 Å². The molecule has 2 aromatic heterocycles. The average molecular weight is 245 g/mol. The Hall–Kier alpha value is -1.75. The Kier molecular flexibility index (Phi) is 4.41. The lowest BCUT2D eigenvalue weighted by Crippen LogP contribution is -2.23. The molecule has 1 atom stereocenters. The molecule has 0 spiro atoms. The van der Waals surface area contributed by atoms with Crippen LogP contribution in [0.3, 0.4) is 0 Å². The zero-order valence-corrected chi connectivity index (χ0v) is 10.9. The first-order valence-corrected chi connectivity index (χ1v) is 6.30. The van der Waals surface area contributed by atoms with Gasteiger partial charge in [0, 0.05) is 24.9 Å². The quantitative estimate of drug-likeness (QED) is 0.839. The fourth-order valence-electron chi connectivity index (χ4n) is 2.00. The zero-order valence-electron chi connectivity index (χ0n) is 10.9. The maximum Gasteiger partial charge on any atom is 0.0760 e. The first-order valence-electron chi connectivity index (χ1n) is 6.30. The van der Waals surface area contributed by atoms with E-state index in [9.17, 15) is 0 Å². The number of hydrogen-bond acceptors (Lipinski definition) is 4. The summed E-state index contributed by atoms with van der Waals surface area (Å²) >= 11 is 0. The number of hydrogen-bond donors (Lipinski definition) is 1. The zero-order chi connectivity index (χ0) is 12.8.